The Labute approximate surface area is 203 Å². The molecule has 0 saturated carbocycles. The van der Waals surface area contributed by atoms with Crippen molar-refractivity contribution in [2.75, 3.05) is 58.9 Å². The first-order valence-electron chi connectivity index (χ1n) is 12.3. The number of carbonyl (C=O) groups is 2. The van der Waals surface area contributed by atoms with Gasteiger partial charge in [0.15, 0.2) is 0 Å². The lowest BCUT2D eigenvalue weighted by Gasteiger charge is -2.34. The normalized spacial score (nSPS) is 26.0. The van der Waals surface area contributed by atoms with E-state index in [9.17, 15) is 22.8 Å². The third-order valence-electron chi connectivity index (χ3n) is 6.96. The molecule has 2 N–H and O–H groups in total. The van der Waals surface area contributed by atoms with Crippen LogP contribution in [-0.2, 0) is 15.7 Å². The van der Waals surface area contributed by atoms with E-state index in [1.54, 1.807) is 0 Å². The molecule has 0 bridgehead atoms. The number of rotatable bonds is 9. The van der Waals surface area contributed by atoms with Gasteiger partial charge in [-0.1, -0.05) is 13.0 Å². The quantitative estimate of drug-likeness (QED) is 0.502. The number of hydrogen-bond acceptors (Lipinski definition) is 6. The van der Waals surface area contributed by atoms with Crippen LogP contribution >= 0.6 is 0 Å². The molecule has 0 spiro atoms. The third kappa shape index (κ3) is 7.16. The van der Waals surface area contributed by atoms with Crippen LogP contribution in [0.15, 0.2) is 24.3 Å². The second-order valence-corrected chi connectivity index (χ2v) is 9.47. The van der Waals surface area contributed by atoms with Gasteiger partial charge in [-0.2, -0.15) is 13.2 Å². The predicted octanol–water partition coefficient (Wildman–Crippen LogP) is 1.38. The maximum Gasteiger partial charge on any atom is 0.416 e. The van der Waals surface area contributed by atoms with Gasteiger partial charge in [0.05, 0.1) is 18.2 Å². The maximum absolute atomic E-state index is 12.8. The zero-order valence-electron chi connectivity index (χ0n) is 20.0. The smallest absolute Gasteiger partial charge is 0.353 e. The van der Waals surface area contributed by atoms with Gasteiger partial charge >= 0.3 is 6.18 Å². The van der Waals surface area contributed by atoms with Crippen molar-refractivity contribution in [2.45, 2.75) is 44.3 Å². The van der Waals surface area contributed by atoms with Gasteiger partial charge in [-0.15, -0.1) is 0 Å². The molecular weight excluding hydrogens is 463 g/mol. The fourth-order valence-electron chi connectivity index (χ4n) is 4.81. The summed E-state index contributed by atoms with van der Waals surface area (Å²) in [4.78, 5) is 31.7. The van der Waals surface area contributed by atoms with Gasteiger partial charge in [0.1, 0.15) is 6.23 Å². The number of amides is 2. The fourth-order valence-corrected chi connectivity index (χ4v) is 4.81. The third-order valence-corrected chi connectivity index (χ3v) is 6.96. The van der Waals surface area contributed by atoms with E-state index < -0.39 is 17.6 Å². The molecule has 3 saturated heterocycles. The molecule has 8 nitrogen and oxygen atoms in total. The number of halogens is 3. The van der Waals surface area contributed by atoms with Crippen molar-refractivity contribution < 1.29 is 27.5 Å². The molecule has 0 aromatic heterocycles. The van der Waals surface area contributed by atoms with E-state index in [0.717, 1.165) is 77.3 Å². The highest BCUT2D eigenvalue weighted by Gasteiger charge is 2.42. The van der Waals surface area contributed by atoms with E-state index in [-0.39, 0.29) is 24.1 Å². The van der Waals surface area contributed by atoms with E-state index in [1.165, 1.54) is 12.1 Å². The number of hydrogen-bond donors (Lipinski definition) is 2. The molecule has 3 fully saturated rings. The van der Waals surface area contributed by atoms with Crippen molar-refractivity contribution in [3.05, 3.63) is 35.4 Å². The maximum atomic E-state index is 12.8. The summed E-state index contributed by atoms with van der Waals surface area (Å²) >= 11 is 0. The van der Waals surface area contributed by atoms with Crippen LogP contribution < -0.4 is 10.6 Å². The fraction of sp³-hybridized carbons (Fsp3) is 0.667. The van der Waals surface area contributed by atoms with Gasteiger partial charge in [0, 0.05) is 64.0 Å². The number of ether oxygens (including phenoxy) is 1. The highest BCUT2D eigenvalue weighted by Crippen LogP contribution is 2.30. The molecule has 3 heterocycles. The zero-order valence-corrected chi connectivity index (χ0v) is 20.0. The Morgan fingerprint density at radius 1 is 1.09 bits per heavy atom. The molecule has 3 aliphatic heterocycles. The number of nitrogens with zero attached hydrogens (tertiary/aromatic N) is 3. The number of alkyl halides is 3. The first-order valence-corrected chi connectivity index (χ1v) is 12.3. The molecule has 35 heavy (non-hydrogen) atoms. The lowest BCUT2D eigenvalue weighted by molar-refractivity contribution is -0.137. The number of epoxide rings is 1. The Morgan fingerprint density at radius 3 is 2.51 bits per heavy atom. The van der Waals surface area contributed by atoms with Crippen LogP contribution in [0.1, 0.15) is 35.7 Å². The van der Waals surface area contributed by atoms with Crippen molar-refractivity contribution in [1.29, 1.82) is 0 Å². The molecule has 1 aromatic carbocycles. The summed E-state index contributed by atoms with van der Waals surface area (Å²) in [5.74, 6) is -1.06. The molecule has 2 unspecified atom stereocenters. The van der Waals surface area contributed by atoms with Gasteiger partial charge in [-0.05, 0) is 31.0 Å². The van der Waals surface area contributed by atoms with E-state index in [0.29, 0.717) is 12.3 Å². The average molecular weight is 498 g/mol. The highest BCUT2D eigenvalue weighted by atomic mass is 19.4. The highest BCUT2D eigenvalue weighted by molar-refractivity contribution is 5.96. The summed E-state index contributed by atoms with van der Waals surface area (Å²) in [5, 5.41) is 5.32. The molecule has 1 aromatic rings. The van der Waals surface area contributed by atoms with Crippen molar-refractivity contribution in [1.82, 2.24) is 25.3 Å². The number of benzene rings is 1. The lowest BCUT2D eigenvalue weighted by atomic mass is 10.1. The average Bonchev–Trinajstić information content (AvgIpc) is 3.51. The van der Waals surface area contributed by atoms with Crippen LogP contribution in [0.4, 0.5) is 13.2 Å². The zero-order chi connectivity index (χ0) is 25.0. The van der Waals surface area contributed by atoms with Gasteiger partial charge < -0.3 is 15.4 Å². The Bertz CT molecular complexity index is 891. The Morgan fingerprint density at radius 2 is 1.83 bits per heavy atom. The van der Waals surface area contributed by atoms with E-state index in [1.807, 2.05) is 0 Å². The van der Waals surface area contributed by atoms with Crippen molar-refractivity contribution in [3.63, 3.8) is 0 Å². The van der Waals surface area contributed by atoms with E-state index in [4.69, 9.17) is 4.74 Å². The van der Waals surface area contributed by atoms with Crippen molar-refractivity contribution in [2.24, 2.45) is 0 Å². The second kappa shape index (κ2) is 11.2. The van der Waals surface area contributed by atoms with Gasteiger partial charge in [-0.25, -0.2) is 0 Å². The molecule has 3 aliphatic rings. The van der Waals surface area contributed by atoms with Crippen LogP contribution in [0.2, 0.25) is 0 Å². The predicted molar refractivity (Wildman–Crippen MR) is 124 cm³/mol. The molecule has 3 atom stereocenters. The monoisotopic (exact) mass is 497 g/mol. The summed E-state index contributed by atoms with van der Waals surface area (Å²) in [6.45, 7) is 9.60. The summed E-state index contributed by atoms with van der Waals surface area (Å²) in [7, 11) is 0. The van der Waals surface area contributed by atoms with Crippen molar-refractivity contribution in [3.8, 4) is 0 Å². The first-order chi connectivity index (χ1) is 16.7. The standard InChI is InChI=1S/C24H34F3N5O3/c1-2-20-23(35-20)32-12-10-30(11-13-32)8-9-31-7-6-19(16-31)29-21(33)15-28-22(34)17-4-3-5-18(14-17)24(25,26)27/h3-5,14,19-20,23H,2,6-13,15-16H2,1H3,(H,28,34)(H,29,33)/t19-,20?,23?/m1/s1. The van der Waals surface area contributed by atoms with Gasteiger partial charge in [0.25, 0.3) is 5.91 Å². The summed E-state index contributed by atoms with van der Waals surface area (Å²) in [6, 6.07) is 4.15. The molecule has 0 aliphatic carbocycles. The Balaban J connectivity index is 1.11. The largest absolute Gasteiger partial charge is 0.416 e. The lowest BCUT2D eigenvalue weighted by Crippen LogP contribution is -2.49. The van der Waals surface area contributed by atoms with Crippen LogP contribution in [0.5, 0.6) is 0 Å². The summed E-state index contributed by atoms with van der Waals surface area (Å²) in [6.07, 6.45) is -1.90. The van der Waals surface area contributed by atoms with E-state index >= 15 is 0 Å². The Kier molecular flexibility index (Phi) is 8.31. The molecule has 0 radical (unpaired) electrons. The number of carbonyl (C=O) groups excluding carboxylic acids is 2. The summed E-state index contributed by atoms with van der Waals surface area (Å²) in [5.41, 5.74) is -1.03. The number of nitrogens with one attached hydrogen (secondary N) is 2. The van der Waals surface area contributed by atoms with Crippen molar-refractivity contribution >= 4 is 11.8 Å². The topological polar surface area (TPSA) is 80.5 Å². The Hall–Kier alpha value is -2.21. The first kappa shape index (κ1) is 25.9. The van der Waals surface area contributed by atoms with Crippen LogP contribution in [0.25, 0.3) is 0 Å². The minimum absolute atomic E-state index is 0.00259. The summed E-state index contributed by atoms with van der Waals surface area (Å²) < 4.78 is 44.2. The minimum atomic E-state index is -4.53. The minimum Gasteiger partial charge on any atom is -0.353 e. The van der Waals surface area contributed by atoms with Crippen LogP contribution in [-0.4, -0.2) is 104 Å². The second-order valence-electron chi connectivity index (χ2n) is 9.47. The molecule has 2 amide bonds. The number of piperazine rings is 1. The van der Waals surface area contributed by atoms with E-state index in [2.05, 4.69) is 32.3 Å². The molecule has 4 rings (SSSR count). The number of likely N-dealkylation sites (tertiary alicyclic amines) is 1. The molecule has 11 heteroatoms. The molecular formula is C24H34F3N5O3. The SMILES string of the molecule is CCC1OC1N1CCN(CCN2CC[C@@H](NC(=O)CNC(=O)c3cccc(C(F)(F)F)c3)C2)CC1. The van der Waals surface area contributed by atoms with Gasteiger partial charge in [-0.3, -0.25) is 24.3 Å². The van der Waals surface area contributed by atoms with Gasteiger partial charge in [0.2, 0.25) is 5.91 Å². The van der Waals surface area contributed by atoms with Crippen LogP contribution in [0, 0.1) is 0 Å². The van der Waals surface area contributed by atoms with Crippen LogP contribution in [0.3, 0.4) is 0 Å². The molecule has 194 valence electrons.